The van der Waals surface area contributed by atoms with E-state index in [4.69, 9.17) is 4.74 Å². The lowest BCUT2D eigenvalue weighted by Gasteiger charge is -2.16. The summed E-state index contributed by atoms with van der Waals surface area (Å²) in [6.45, 7) is 7.44. The van der Waals surface area contributed by atoms with Gasteiger partial charge in [-0.2, -0.15) is 4.72 Å². The molecule has 0 radical (unpaired) electrons. The summed E-state index contributed by atoms with van der Waals surface area (Å²) in [5.74, 6) is 0.569. The first-order valence-corrected chi connectivity index (χ1v) is 10.2. The van der Waals surface area contributed by atoms with Gasteiger partial charge < -0.3 is 10.1 Å². The molecule has 0 aliphatic heterocycles. The van der Waals surface area contributed by atoms with Gasteiger partial charge in [-0.15, -0.1) is 0 Å². The lowest BCUT2D eigenvalue weighted by atomic mass is 10.0. The van der Waals surface area contributed by atoms with Gasteiger partial charge in [-0.25, -0.2) is 8.42 Å². The molecule has 6 nitrogen and oxygen atoms in total. The zero-order chi connectivity index (χ0) is 20.2. The number of ether oxygens (including phenoxy) is 1. The minimum atomic E-state index is -3.83. The number of anilines is 1. The molecule has 2 aromatic rings. The number of amides is 1. The van der Waals surface area contributed by atoms with E-state index in [-0.39, 0.29) is 4.90 Å². The highest BCUT2D eigenvalue weighted by Crippen LogP contribution is 2.21. The monoisotopic (exact) mass is 390 g/mol. The van der Waals surface area contributed by atoms with Crippen molar-refractivity contribution in [2.75, 3.05) is 12.4 Å². The fraction of sp³-hybridized carbons (Fsp3) is 0.350. The van der Waals surface area contributed by atoms with Crippen molar-refractivity contribution in [2.45, 2.75) is 44.6 Å². The normalized spacial score (nSPS) is 12.7. The second-order valence-corrected chi connectivity index (χ2v) is 8.45. The zero-order valence-electron chi connectivity index (χ0n) is 16.2. The molecular formula is C20H26N2O4S. The Morgan fingerprint density at radius 1 is 1.04 bits per heavy atom. The minimum absolute atomic E-state index is 0.0849. The molecule has 1 amide bonds. The number of hydrogen-bond acceptors (Lipinski definition) is 4. The van der Waals surface area contributed by atoms with Crippen LogP contribution >= 0.6 is 0 Å². The van der Waals surface area contributed by atoms with Crippen LogP contribution in [0.4, 0.5) is 5.69 Å². The van der Waals surface area contributed by atoms with Crippen molar-refractivity contribution in [2.24, 2.45) is 0 Å². The summed E-state index contributed by atoms with van der Waals surface area (Å²) in [4.78, 5) is 12.4. The van der Waals surface area contributed by atoms with E-state index in [9.17, 15) is 13.2 Å². The number of rotatable bonds is 7. The predicted molar refractivity (Wildman–Crippen MR) is 107 cm³/mol. The molecule has 2 aromatic carbocycles. The van der Waals surface area contributed by atoms with Gasteiger partial charge in [-0.1, -0.05) is 26.0 Å². The quantitative estimate of drug-likeness (QED) is 0.758. The second-order valence-electron chi connectivity index (χ2n) is 6.74. The van der Waals surface area contributed by atoms with Gasteiger partial charge in [0.25, 0.3) is 0 Å². The highest BCUT2D eigenvalue weighted by Gasteiger charge is 2.22. The molecule has 0 bridgehead atoms. The SMILES string of the molecule is COc1ccc(S(=O)(=O)N[C@@H](C)C(=O)Nc2ccc(C(C)C)cc2)cc1C. The summed E-state index contributed by atoms with van der Waals surface area (Å²) in [5.41, 5.74) is 2.48. The molecule has 0 unspecified atom stereocenters. The van der Waals surface area contributed by atoms with Crippen LogP contribution in [0, 0.1) is 6.92 Å². The predicted octanol–water partition coefficient (Wildman–Crippen LogP) is 3.43. The second kappa shape index (κ2) is 8.54. The molecule has 27 heavy (non-hydrogen) atoms. The van der Waals surface area contributed by atoms with Crippen LogP contribution in [0.5, 0.6) is 5.75 Å². The van der Waals surface area contributed by atoms with E-state index < -0.39 is 22.0 Å². The molecule has 0 heterocycles. The average molecular weight is 391 g/mol. The molecule has 2 N–H and O–H groups in total. The maximum Gasteiger partial charge on any atom is 0.242 e. The third kappa shape index (κ3) is 5.30. The van der Waals surface area contributed by atoms with Gasteiger partial charge >= 0.3 is 0 Å². The highest BCUT2D eigenvalue weighted by molar-refractivity contribution is 7.89. The van der Waals surface area contributed by atoms with Crippen LogP contribution in [-0.2, 0) is 14.8 Å². The molecule has 0 spiro atoms. The average Bonchev–Trinajstić information content (AvgIpc) is 2.61. The van der Waals surface area contributed by atoms with Gasteiger partial charge in [0.2, 0.25) is 15.9 Å². The van der Waals surface area contributed by atoms with Crippen molar-refractivity contribution >= 4 is 21.6 Å². The fourth-order valence-electron chi connectivity index (χ4n) is 2.57. The van der Waals surface area contributed by atoms with Crippen molar-refractivity contribution in [3.05, 3.63) is 53.6 Å². The Labute approximate surface area is 161 Å². The van der Waals surface area contributed by atoms with E-state index in [2.05, 4.69) is 23.9 Å². The topological polar surface area (TPSA) is 84.5 Å². The molecule has 0 saturated heterocycles. The molecule has 146 valence electrons. The van der Waals surface area contributed by atoms with Crippen LogP contribution in [0.3, 0.4) is 0 Å². The van der Waals surface area contributed by atoms with Gasteiger partial charge in [0.1, 0.15) is 5.75 Å². The van der Waals surface area contributed by atoms with Gasteiger partial charge in [-0.3, -0.25) is 4.79 Å². The highest BCUT2D eigenvalue weighted by atomic mass is 32.2. The van der Waals surface area contributed by atoms with E-state index in [1.807, 2.05) is 12.1 Å². The number of sulfonamides is 1. The summed E-state index contributed by atoms with van der Waals surface area (Å²) >= 11 is 0. The number of aryl methyl sites for hydroxylation is 1. The molecular weight excluding hydrogens is 364 g/mol. The maximum absolute atomic E-state index is 12.5. The maximum atomic E-state index is 12.5. The molecule has 0 fully saturated rings. The van der Waals surface area contributed by atoms with Crippen LogP contribution in [-0.4, -0.2) is 27.5 Å². The molecule has 7 heteroatoms. The molecule has 1 atom stereocenters. The smallest absolute Gasteiger partial charge is 0.242 e. The third-order valence-electron chi connectivity index (χ3n) is 4.25. The molecule has 0 saturated carbocycles. The Balaban J connectivity index is 2.07. The van der Waals surface area contributed by atoms with Crippen LogP contribution < -0.4 is 14.8 Å². The Morgan fingerprint density at radius 3 is 2.19 bits per heavy atom. The fourth-order valence-corrected chi connectivity index (χ4v) is 3.86. The number of hydrogen-bond donors (Lipinski definition) is 2. The molecule has 2 rings (SSSR count). The standard InChI is InChI=1S/C20H26N2O4S/c1-13(2)16-6-8-17(9-7-16)21-20(23)15(4)22-27(24,25)18-10-11-19(26-5)14(3)12-18/h6-13,15,22H,1-5H3,(H,21,23)/t15-/m0/s1. The molecule has 0 aromatic heterocycles. The Morgan fingerprint density at radius 2 is 1.67 bits per heavy atom. The third-order valence-corrected chi connectivity index (χ3v) is 5.79. The van der Waals surface area contributed by atoms with E-state index in [1.54, 1.807) is 25.1 Å². The first-order chi connectivity index (χ1) is 12.6. The molecule has 0 aliphatic carbocycles. The summed E-state index contributed by atoms with van der Waals surface area (Å²) in [7, 11) is -2.31. The van der Waals surface area contributed by atoms with Crippen LogP contribution in [0.15, 0.2) is 47.4 Å². The minimum Gasteiger partial charge on any atom is -0.496 e. The zero-order valence-corrected chi connectivity index (χ0v) is 17.1. The van der Waals surface area contributed by atoms with Crippen LogP contribution in [0.2, 0.25) is 0 Å². The summed E-state index contributed by atoms with van der Waals surface area (Å²) in [6, 6.07) is 11.1. The Bertz CT molecular complexity index is 906. The molecule has 0 aliphatic rings. The largest absolute Gasteiger partial charge is 0.496 e. The lowest BCUT2D eigenvalue weighted by molar-refractivity contribution is -0.117. The van der Waals surface area contributed by atoms with Gasteiger partial charge in [0, 0.05) is 5.69 Å². The Kier molecular flexibility index (Phi) is 6.62. The number of benzene rings is 2. The van der Waals surface area contributed by atoms with Crippen molar-refractivity contribution in [3.63, 3.8) is 0 Å². The Hall–Kier alpha value is -2.38. The lowest BCUT2D eigenvalue weighted by Crippen LogP contribution is -2.41. The van der Waals surface area contributed by atoms with Gasteiger partial charge in [-0.05, 0) is 61.2 Å². The van der Waals surface area contributed by atoms with Crippen LogP contribution in [0.25, 0.3) is 0 Å². The van der Waals surface area contributed by atoms with E-state index in [0.29, 0.717) is 22.9 Å². The van der Waals surface area contributed by atoms with Crippen molar-refractivity contribution < 1.29 is 17.9 Å². The van der Waals surface area contributed by atoms with Crippen molar-refractivity contribution in [3.8, 4) is 5.75 Å². The summed E-state index contributed by atoms with van der Waals surface area (Å²) < 4.78 is 32.6. The summed E-state index contributed by atoms with van der Waals surface area (Å²) in [6.07, 6.45) is 0. The number of methoxy groups -OCH3 is 1. The number of carbonyl (C=O) groups excluding carboxylic acids is 1. The van der Waals surface area contributed by atoms with Crippen LogP contribution in [0.1, 0.15) is 37.8 Å². The van der Waals surface area contributed by atoms with E-state index in [1.165, 1.54) is 26.2 Å². The van der Waals surface area contributed by atoms with E-state index >= 15 is 0 Å². The van der Waals surface area contributed by atoms with Gasteiger partial charge in [0.15, 0.2) is 0 Å². The van der Waals surface area contributed by atoms with Crippen molar-refractivity contribution in [1.29, 1.82) is 0 Å². The van der Waals surface area contributed by atoms with Crippen molar-refractivity contribution in [1.82, 2.24) is 4.72 Å². The van der Waals surface area contributed by atoms with Gasteiger partial charge in [0.05, 0.1) is 18.0 Å². The first kappa shape index (κ1) is 20.9. The number of carbonyl (C=O) groups is 1. The number of nitrogens with one attached hydrogen (secondary N) is 2. The van der Waals surface area contributed by atoms with E-state index in [0.717, 1.165) is 5.56 Å². The first-order valence-electron chi connectivity index (χ1n) is 8.72. The summed E-state index contributed by atoms with van der Waals surface area (Å²) in [5, 5.41) is 2.73.